The van der Waals surface area contributed by atoms with Gasteiger partial charge in [-0.1, -0.05) is 0 Å². The summed E-state index contributed by atoms with van der Waals surface area (Å²) in [5, 5.41) is 6.62. The first kappa shape index (κ1) is 18.8. The standard InChI is InChI=1S/C17H20F4N4O/c18-15-2-1-12(9-14(15)17(19,20)21)16-24-13(11-26-16)10-25-7-5-22-3-4-23-6-8-25/h1-2,9,11,22-23H,3-8,10H2. The van der Waals surface area contributed by atoms with E-state index in [1.54, 1.807) is 0 Å². The highest BCUT2D eigenvalue weighted by atomic mass is 19.4. The Kier molecular flexibility index (Phi) is 5.90. The van der Waals surface area contributed by atoms with Crippen LogP contribution in [0.1, 0.15) is 11.3 Å². The number of aromatic nitrogens is 1. The van der Waals surface area contributed by atoms with Crippen molar-refractivity contribution < 1.29 is 22.0 Å². The maximum Gasteiger partial charge on any atom is 0.419 e. The van der Waals surface area contributed by atoms with Crippen molar-refractivity contribution >= 4 is 0 Å². The summed E-state index contributed by atoms with van der Waals surface area (Å²) in [4.78, 5) is 6.45. The third-order valence-corrected chi connectivity index (χ3v) is 4.14. The van der Waals surface area contributed by atoms with Crippen molar-refractivity contribution in [3.05, 3.63) is 41.5 Å². The summed E-state index contributed by atoms with van der Waals surface area (Å²) >= 11 is 0. The van der Waals surface area contributed by atoms with Crippen LogP contribution in [0.25, 0.3) is 11.5 Å². The van der Waals surface area contributed by atoms with E-state index in [-0.39, 0.29) is 11.5 Å². The normalized spacial score (nSPS) is 17.5. The highest BCUT2D eigenvalue weighted by Gasteiger charge is 2.34. The molecule has 5 nitrogen and oxygen atoms in total. The third-order valence-electron chi connectivity index (χ3n) is 4.14. The fourth-order valence-electron chi connectivity index (χ4n) is 2.79. The molecular formula is C17H20F4N4O. The fraction of sp³-hybridized carbons (Fsp3) is 0.471. The monoisotopic (exact) mass is 372 g/mol. The van der Waals surface area contributed by atoms with Crippen LogP contribution in [0.2, 0.25) is 0 Å². The van der Waals surface area contributed by atoms with Crippen LogP contribution in [0, 0.1) is 5.82 Å². The minimum Gasteiger partial charge on any atom is -0.444 e. The number of oxazole rings is 1. The van der Waals surface area contributed by atoms with E-state index < -0.39 is 17.6 Å². The summed E-state index contributed by atoms with van der Waals surface area (Å²) < 4.78 is 57.3. The fourth-order valence-corrected chi connectivity index (χ4v) is 2.79. The molecule has 1 saturated heterocycles. The predicted molar refractivity (Wildman–Crippen MR) is 87.9 cm³/mol. The number of hydrogen-bond acceptors (Lipinski definition) is 5. The molecule has 0 saturated carbocycles. The average molecular weight is 372 g/mol. The summed E-state index contributed by atoms with van der Waals surface area (Å²) in [5.74, 6) is -1.27. The van der Waals surface area contributed by atoms with Crippen molar-refractivity contribution in [2.75, 3.05) is 39.3 Å². The molecule has 2 N–H and O–H groups in total. The van der Waals surface area contributed by atoms with Crippen LogP contribution >= 0.6 is 0 Å². The Morgan fingerprint density at radius 2 is 1.77 bits per heavy atom. The van der Waals surface area contributed by atoms with Gasteiger partial charge in [-0.15, -0.1) is 0 Å². The molecule has 0 amide bonds. The van der Waals surface area contributed by atoms with Crippen LogP contribution in [0.3, 0.4) is 0 Å². The molecule has 26 heavy (non-hydrogen) atoms. The lowest BCUT2D eigenvalue weighted by Gasteiger charge is -2.19. The largest absolute Gasteiger partial charge is 0.444 e. The number of rotatable bonds is 3. The zero-order chi connectivity index (χ0) is 18.6. The van der Waals surface area contributed by atoms with Crippen molar-refractivity contribution in [2.45, 2.75) is 12.7 Å². The van der Waals surface area contributed by atoms with E-state index in [4.69, 9.17) is 4.42 Å². The summed E-state index contributed by atoms with van der Waals surface area (Å²) in [6.45, 7) is 5.71. The molecule has 0 aliphatic carbocycles. The third kappa shape index (κ3) is 4.80. The number of hydrogen-bond donors (Lipinski definition) is 2. The second kappa shape index (κ2) is 8.15. The second-order valence-corrected chi connectivity index (χ2v) is 6.11. The van der Waals surface area contributed by atoms with Crippen LogP contribution in [0.4, 0.5) is 17.6 Å². The van der Waals surface area contributed by atoms with Gasteiger partial charge in [0.25, 0.3) is 0 Å². The number of nitrogens with zero attached hydrogens (tertiary/aromatic N) is 2. The van der Waals surface area contributed by atoms with Crippen LogP contribution in [0.5, 0.6) is 0 Å². The summed E-state index contributed by atoms with van der Waals surface area (Å²) in [5.41, 5.74) is -0.609. The van der Waals surface area contributed by atoms with E-state index in [0.29, 0.717) is 12.2 Å². The van der Waals surface area contributed by atoms with Gasteiger partial charge in [0, 0.05) is 51.4 Å². The van der Waals surface area contributed by atoms with Crippen LogP contribution < -0.4 is 10.6 Å². The van der Waals surface area contributed by atoms with Crippen molar-refractivity contribution in [3.63, 3.8) is 0 Å². The Labute approximate surface area is 148 Å². The molecule has 0 unspecified atom stereocenters. The zero-order valence-corrected chi connectivity index (χ0v) is 14.1. The molecule has 2 heterocycles. The first-order valence-corrected chi connectivity index (χ1v) is 8.39. The molecule has 9 heteroatoms. The van der Waals surface area contributed by atoms with Crippen LogP contribution in [-0.2, 0) is 12.7 Å². The number of nitrogens with one attached hydrogen (secondary N) is 2. The SMILES string of the molecule is Fc1ccc(-c2nc(CN3CCNCCNCC3)co2)cc1C(F)(F)F. The second-order valence-electron chi connectivity index (χ2n) is 6.11. The van der Waals surface area contributed by atoms with Crippen molar-refractivity contribution in [1.29, 1.82) is 0 Å². The van der Waals surface area contributed by atoms with E-state index in [1.165, 1.54) is 12.3 Å². The molecule has 0 spiro atoms. The maximum absolute atomic E-state index is 13.4. The van der Waals surface area contributed by atoms with E-state index in [2.05, 4.69) is 20.5 Å². The zero-order valence-electron chi connectivity index (χ0n) is 14.1. The highest BCUT2D eigenvalue weighted by molar-refractivity contribution is 5.55. The molecule has 2 aromatic rings. The Balaban J connectivity index is 1.73. The molecule has 1 aliphatic rings. The first-order chi connectivity index (χ1) is 12.4. The van der Waals surface area contributed by atoms with E-state index in [0.717, 1.165) is 51.4 Å². The molecule has 1 aromatic carbocycles. The van der Waals surface area contributed by atoms with Gasteiger partial charge in [-0.05, 0) is 18.2 Å². The smallest absolute Gasteiger partial charge is 0.419 e. The van der Waals surface area contributed by atoms with Gasteiger partial charge in [0.15, 0.2) is 0 Å². The number of benzene rings is 1. The molecule has 142 valence electrons. The number of alkyl halides is 3. The number of halogens is 4. The first-order valence-electron chi connectivity index (χ1n) is 8.39. The van der Waals surface area contributed by atoms with Gasteiger partial charge in [0.1, 0.15) is 12.1 Å². The Bertz CT molecular complexity index is 722. The van der Waals surface area contributed by atoms with E-state index in [9.17, 15) is 17.6 Å². The molecule has 1 aromatic heterocycles. The predicted octanol–water partition coefficient (Wildman–Crippen LogP) is 2.49. The Morgan fingerprint density at radius 3 is 2.42 bits per heavy atom. The van der Waals surface area contributed by atoms with Gasteiger partial charge < -0.3 is 15.1 Å². The minimum absolute atomic E-state index is 0.0472. The van der Waals surface area contributed by atoms with Gasteiger partial charge in [-0.25, -0.2) is 9.37 Å². The Morgan fingerprint density at radius 1 is 1.08 bits per heavy atom. The summed E-state index contributed by atoms with van der Waals surface area (Å²) in [7, 11) is 0. The van der Waals surface area contributed by atoms with E-state index >= 15 is 0 Å². The quantitative estimate of drug-likeness (QED) is 0.811. The van der Waals surface area contributed by atoms with E-state index in [1.807, 2.05) is 0 Å². The molecule has 3 rings (SSSR count). The maximum atomic E-state index is 13.4. The van der Waals surface area contributed by atoms with Gasteiger partial charge >= 0.3 is 6.18 Å². The lowest BCUT2D eigenvalue weighted by Crippen LogP contribution is -2.33. The molecule has 0 radical (unpaired) electrons. The highest BCUT2D eigenvalue weighted by Crippen LogP contribution is 2.34. The van der Waals surface area contributed by atoms with Crippen molar-refractivity contribution in [3.8, 4) is 11.5 Å². The van der Waals surface area contributed by atoms with Crippen molar-refractivity contribution in [2.24, 2.45) is 0 Å². The molecule has 1 aliphatic heterocycles. The summed E-state index contributed by atoms with van der Waals surface area (Å²) in [6, 6.07) is 2.73. The average Bonchev–Trinajstić information content (AvgIpc) is 3.08. The van der Waals surface area contributed by atoms with Gasteiger partial charge in [-0.3, -0.25) is 4.90 Å². The molecular weight excluding hydrogens is 352 g/mol. The van der Waals surface area contributed by atoms with Crippen LogP contribution in [-0.4, -0.2) is 49.2 Å². The minimum atomic E-state index is -4.77. The van der Waals surface area contributed by atoms with Crippen molar-refractivity contribution in [1.82, 2.24) is 20.5 Å². The lowest BCUT2D eigenvalue weighted by atomic mass is 10.1. The van der Waals surface area contributed by atoms with Crippen LogP contribution in [0.15, 0.2) is 28.9 Å². The molecule has 0 atom stereocenters. The van der Waals surface area contributed by atoms with Gasteiger partial charge in [-0.2, -0.15) is 13.2 Å². The summed E-state index contributed by atoms with van der Waals surface area (Å²) in [6.07, 6.45) is -3.34. The molecule has 1 fully saturated rings. The Hall–Kier alpha value is -1.97. The molecule has 0 bridgehead atoms. The lowest BCUT2D eigenvalue weighted by molar-refractivity contribution is -0.139. The van der Waals surface area contributed by atoms with Gasteiger partial charge in [0.05, 0.1) is 11.3 Å². The van der Waals surface area contributed by atoms with Gasteiger partial charge in [0.2, 0.25) is 5.89 Å². The topological polar surface area (TPSA) is 53.3 Å².